The van der Waals surface area contributed by atoms with Gasteiger partial charge in [-0.15, -0.1) is 0 Å². The van der Waals surface area contributed by atoms with Crippen molar-refractivity contribution in [3.63, 3.8) is 0 Å². The minimum atomic E-state index is -0.596. The van der Waals surface area contributed by atoms with Gasteiger partial charge in [0.25, 0.3) is 5.56 Å². The van der Waals surface area contributed by atoms with Crippen molar-refractivity contribution < 1.29 is 5.11 Å². The van der Waals surface area contributed by atoms with Gasteiger partial charge in [0.15, 0.2) is 0 Å². The summed E-state index contributed by atoms with van der Waals surface area (Å²) in [5, 5.41) is 11.9. The summed E-state index contributed by atoms with van der Waals surface area (Å²) in [5.41, 5.74) is -0.134. The number of aromatic nitrogens is 2. The lowest BCUT2D eigenvalue weighted by atomic mass is 10.1. The topological polar surface area (TPSA) is 67.1 Å². The van der Waals surface area contributed by atoms with Crippen LogP contribution in [0, 0.1) is 0 Å². The maximum atomic E-state index is 11.9. The molecule has 0 amide bonds. The Morgan fingerprint density at radius 3 is 2.28 bits per heavy atom. The molecule has 0 unspecified atom stereocenters. The van der Waals surface area contributed by atoms with Crippen LogP contribution in [-0.4, -0.2) is 9.13 Å². The molecule has 5 nitrogen and oxygen atoms in total. The van der Waals surface area contributed by atoms with Crippen LogP contribution >= 0.6 is 0 Å². The summed E-state index contributed by atoms with van der Waals surface area (Å²) in [4.78, 5) is 23.5. The van der Waals surface area contributed by atoms with E-state index in [2.05, 4.69) is 0 Å². The average Bonchev–Trinajstić information content (AvgIpc) is 2.40. The summed E-state index contributed by atoms with van der Waals surface area (Å²) >= 11 is 0. The normalized spacial score (nSPS) is 10.6. The maximum absolute atomic E-state index is 11.9. The second-order valence-corrected chi connectivity index (χ2v) is 4.15. The predicted octanol–water partition coefficient (Wildman–Crippen LogP) is -0.252. The number of nitrogens with zero attached hydrogens (tertiary/aromatic N) is 2. The van der Waals surface area contributed by atoms with Crippen LogP contribution in [0.3, 0.4) is 0 Å². The fourth-order valence-electron chi connectivity index (χ4n) is 1.85. The molecular weight excluding hydrogens is 232 g/mol. The highest BCUT2D eigenvalue weighted by molar-refractivity contribution is 5.29. The smallest absolute Gasteiger partial charge is 0.329 e. The fraction of sp³-hybridized carbons (Fsp3) is 0.231. The van der Waals surface area contributed by atoms with Crippen LogP contribution in [0.2, 0.25) is 0 Å². The number of hydrogen-bond donors (Lipinski definition) is 0. The first-order valence-corrected chi connectivity index (χ1v) is 5.52. The molecular formula is C13H13N2O3-. The Morgan fingerprint density at radius 2 is 1.67 bits per heavy atom. The molecule has 2 aromatic rings. The van der Waals surface area contributed by atoms with E-state index in [4.69, 9.17) is 0 Å². The van der Waals surface area contributed by atoms with E-state index in [-0.39, 0.29) is 12.0 Å². The first-order valence-electron chi connectivity index (χ1n) is 5.52. The van der Waals surface area contributed by atoms with Crippen LogP contribution in [0.25, 0.3) is 0 Å². The maximum Gasteiger partial charge on any atom is 0.329 e. The van der Waals surface area contributed by atoms with Gasteiger partial charge in [0.2, 0.25) is 0 Å². The third kappa shape index (κ3) is 1.95. The molecule has 5 heteroatoms. The number of hydrogen-bond acceptors (Lipinski definition) is 3. The third-order valence-electron chi connectivity index (χ3n) is 2.92. The van der Waals surface area contributed by atoms with E-state index in [1.165, 1.54) is 14.1 Å². The first kappa shape index (κ1) is 12.2. The first-order chi connectivity index (χ1) is 8.52. The fourth-order valence-corrected chi connectivity index (χ4v) is 1.85. The summed E-state index contributed by atoms with van der Waals surface area (Å²) in [6.07, 6.45) is 0.237. The van der Waals surface area contributed by atoms with E-state index in [9.17, 15) is 14.7 Å². The minimum absolute atomic E-state index is 0.116. The van der Waals surface area contributed by atoms with Crippen molar-refractivity contribution in [2.75, 3.05) is 0 Å². The summed E-state index contributed by atoms with van der Waals surface area (Å²) in [5.74, 6) is -0.521. The molecule has 0 N–H and O–H groups in total. The van der Waals surface area contributed by atoms with Gasteiger partial charge in [-0.1, -0.05) is 30.3 Å². The Morgan fingerprint density at radius 1 is 1.06 bits per heavy atom. The molecule has 1 heterocycles. The monoisotopic (exact) mass is 245 g/mol. The molecule has 18 heavy (non-hydrogen) atoms. The second-order valence-electron chi connectivity index (χ2n) is 4.15. The zero-order chi connectivity index (χ0) is 13.3. The Kier molecular flexibility index (Phi) is 3.06. The van der Waals surface area contributed by atoms with E-state index >= 15 is 0 Å². The van der Waals surface area contributed by atoms with Crippen LogP contribution in [-0.2, 0) is 20.5 Å². The van der Waals surface area contributed by atoms with Crippen molar-refractivity contribution in [1.29, 1.82) is 0 Å². The van der Waals surface area contributed by atoms with E-state index in [0.717, 1.165) is 14.7 Å². The van der Waals surface area contributed by atoms with Gasteiger partial charge in [0.05, 0.1) is 0 Å². The summed E-state index contributed by atoms with van der Waals surface area (Å²) in [7, 11) is 2.75. The molecule has 0 atom stereocenters. The molecule has 0 bridgehead atoms. The van der Waals surface area contributed by atoms with Crippen LogP contribution in [0.4, 0.5) is 0 Å². The molecule has 0 aliphatic carbocycles. The molecule has 0 saturated carbocycles. The zero-order valence-electron chi connectivity index (χ0n) is 10.2. The summed E-state index contributed by atoms with van der Waals surface area (Å²) in [6.45, 7) is 0. The van der Waals surface area contributed by atoms with Gasteiger partial charge in [0.1, 0.15) is 0 Å². The molecule has 94 valence electrons. The van der Waals surface area contributed by atoms with Gasteiger partial charge in [-0.05, 0) is 11.4 Å². The van der Waals surface area contributed by atoms with Crippen molar-refractivity contribution in [3.05, 3.63) is 62.3 Å². The molecule has 0 radical (unpaired) electrons. The van der Waals surface area contributed by atoms with E-state index < -0.39 is 17.1 Å². The van der Waals surface area contributed by atoms with Crippen LogP contribution in [0.5, 0.6) is 5.88 Å². The quantitative estimate of drug-likeness (QED) is 0.732. The minimum Gasteiger partial charge on any atom is -0.860 e. The van der Waals surface area contributed by atoms with E-state index in [0.29, 0.717) is 0 Å². The summed E-state index contributed by atoms with van der Waals surface area (Å²) in [6, 6.07) is 9.22. The van der Waals surface area contributed by atoms with Gasteiger partial charge in [-0.3, -0.25) is 9.36 Å². The van der Waals surface area contributed by atoms with Crippen molar-refractivity contribution in [3.8, 4) is 5.88 Å². The van der Waals surface area contributed by atoms with Crippen molar-refractivity contribution in [2.45, 2.75) is 6.42 Å². The molecule has 0 aliphatic heterocycles. The molecule has 0 fully saturated rings. The summed E-state index contributed by atoms with van der Waals surface area (Å²) < 4.78 is 1.92. The lowest BCUT2D eigenvalue weighted by Crippen LogP contribution is -2.40. The Labute approximate surface area is 104 Å². The predicted molar refractivity (Wildman–Crippen MR) is 65.6 cm³/mol. The average molecular weight is 245 g/mol. The Hall–Kier alpha value is -2.30. The standard InChI is InChI=1S/C13H14N2O3/c1-14-11(16)10(12(17)15(2)13(14)18)8-9-6-4-3-5-7-9/h3-7,16H,8H2,1-2H3/p-1. The molecule has 1 aromatic heterocycles. The van der Waals surface area contributed by atoms with Gasteiger partial charge in [-0.25, -0.2) is 4.79 Å². The highest BCUT2D eigenvalue weighted by Gasteiger charge is 2.09. The van der Waals surface area contributed by atoms with E-state index in [1.807, 2.05) is 30.3 Å². The van der Waals surface area contributed by atoms with Gasteiger partial charge < -0.3 is 9.67 Å². The van der Waals surface area contributed by atoms with Gasteiger partial charge >= 0.3 is 5.69 Å². The molecule has 2 rings (SSSR count). The van der Waals surface area contributed by atoms with Crippen molar-refractivity contribution in [1.82, 2.24) is 9.13 Å². The lowest BCUT2D eigenvalue weighted by Gasteiger charge is -2.18. The third-order valence-corrected chi connectivity index (χ3v) is 2.92. The van der Waals surface area contributed by atoms with Crippen molar-refractivity contribution in [2.24, 2.45) is 14.1 Å². The van der Waals surface area contributed by atoms with Crippen LogP contribution in [0.1, 0.15) is 11.1 Å². The van der Waals surface area contributed by atoms with E-state index in [1.54, 1.807) is 0 Å². The van der Waals surface area contributed by atoms with Crippen LogP contribution < -0.4 is 16.4 Å². The molecule has 0 aliphatic rings. The molecule has 0 spiro atoms. The van der Waals surface area contributed by atoms with Crippen molar-refractivity contribution >= 4 is 0 Å². The second kappa shape index (κ2) is 4.52. The lowest BCUT2D eigenvalue weighted by molar-refractivity contribution is -0.280. The van der Waals surface area contributed by atoms with Crippen LogP contribution in [0.15, 0.2) is 39.9 Å². The Bertz CT molecular complexity index is 684. The van der Waals surface area contributed by atoms with Gasteiger partial charge in [-0.2, -0.15) is 0 Å². The highest BCUT2D eigenvalue weighted by Crippen LogP contribution is 2.11. The number of rotatable bonds is 2. The molecule has 1 aromatic carbocycles. The SMILES string of the molecule is Cn1c([O-])c(Cc2ccccc2)c(=O)n(C)c1=O. The highest BCUT2D eigenvalue weighted by atomic mass is 16.3. The largest absolute Gasteiger partial charge is 0.860 e. The number of benzene rings is 1. The molecule has 0 saturated heterocycles. The Balaban J connectivity index is 2.59. The van der Waals surface area contributed by atoms with Gasteiger partial charge in [0, 0.05) is 26.1 Å². The zero-order valence-corrected chi connectivity index (χ0v) is 10.2.